The lowest BCUT2D eigenvalue weighted by molar-refractivity contribution is 0.148. The number of aliphatic hydroxyl groups is 1. The predicted molar refractivity (Wildman–Crippen MR) is 55.1 cm³/mol. The highest BCUT2D eigenvalue weighted by molar-refractivity contribution is 5.74. The molecule has 1 heterocycles. The molecule has 1 atom stereocenters. The summed E-state index contributed by atoms with van der Waals surface area (Å²) in [5.74, 6) is 0. The van der Waals surface area contributed by atoms with Gasteiger partial charge in [-0.1, -0.05) is 0 Å². The number of aliphatic hydroxyl groups excluding tert-OH is 1. The quantitative estimate of drug-likeness (QED) is 0.735. The summed E-state index contributed by atoms with van der Waals surface area (Å²) in [4.78, 5) is 15.3. The van der Waals surface area contributed by atoms with Gasteiger partial charge in [-0.3, -0.25) is 0 Å². The van der Waals surface area contributed by atoms with Crippen LogP contribution in [0.15, 0.2) is 0 Å². The lowest BCUT2D eigenvalue weighted by Crippen LogP contribution is -2.40. The third-order valence-corrected chi connectivity index (χ3v) is 2.59. The molecule has 0 saturated carbocycles. The molecule has 1 aliphatic heterocycles. The maximum absolute atomic E-state index is 11.7. The molecule has 1 rings (SSSR count). The normalized spacial score (nSPS) is 18.4. The minimum atomic E-state index is -0.330. The molecule has 14 heavy (non-hydrogen) atoms. The molecule has 4 nitrogen and oxygen atoms in total. The Balaban J connectivity index is 2.28. The Morgan fingerprint density at radius 2 is 2.07 bits per heavy atom. The van der Waals surface area contributed by atoms with Gasteiger partial charge in [0.25, 0.3) is 0 Å². The number of hydrogen-bond acceptors (Lipinski definition) is 2. The van der Waals surface area contributed by atoms with Crippen LogP contribution in [-0.2, 0) is 0 Å². The van der Waals surface area contributed by atoms with Crippen molar-refractivity contribution in [1.82, 2.24) is 9.80 Å². The number of urea groups is 1. The summed E-state index contributed by atoms with van der Waals surface area (Å²) in [5.41, 5.74) is 0. The van der Waals surface area contributed by atoms with Gasteiger partial charge in [0.05, 0.1) is 6.10 Å². The second-order valence-electron chi connectivity index (χ2n) is 4.04. The number of carbonyl (C=O) groups is 1. The molecule has 0 aromatic rings. The first-order chi connectivity index (χ1) is 6.61. The van der Waals surface area contributed by atoms with E-state index in [1.807, 2.05) is 4.90 Å². The molecule has 0 spiro atoms. The van der Waals surface area contributed by atoms with Crippen LogP contribution in [0, 0.1) is 0 Å². The predicted octanol–water partition coefficient (Wildman–Crippen LogP) is 0.905. The summed E-state index contributed by atoms with van der Waals surface area (Å²) in [7, 11) is 1.79. The minimum Gasteiger partial charge on any atom is -0.393 e. The average molecular weight is 200 g/mol. The van der Waals surface area contributed by atoms with E-state index in [0.717, 1.165) is 25.9 Å². The lowest BCUT2D eigenvalue weighted by Gasteiger charge is -2.24. The van der Waals surface area contributed by atoms with Crippen LogP contribution < -0.4 is 0 Å². The van der Waals surface area contributed by atoms with Crippen LogP contribution in [-0.4, -0.2) is 53.7 Å². The van der Waals surface area contributed by atoms with E-state index in [9.17, 15) is 4.79 Å². The van der Waals surface area contributed by atoms with Crippen molar-refractivity contribution in [3.05, 3.63) is 0 Å². The van der Waals surface area contributed by atoms with Crippen molar-refractivity contribution in [1.29, 1.82) is 0 Å². The van der Waals surface area contributed by atoms with Gasteiger partial charge in [0.15, 0.2) is 0 Å². The van der Waals surface area contributed by atoms with E-state index >= 15 is 0 Å². The lowest BCUT2D eigenvalue weighted by atomic mass is 10.3. The molecule has 0 aromatic heterocycles. The van der Waals surface area contributed by atoms with Crippen LogP contribution >= 0.6 is 0 Å². The molecule has 1 saturated heterocycles. The summed E-state index contributed by atoms with van der Waals surface area (Å²) in [6.07, 6.45) is 2.56. The fraction of sp³-hybridized carbons (Fsp3) is 0.900. The van der Waals surface area contributed by atoms with E-state index < -0.39 is 0 Å². The first-order valence-corrected chi connectivity index (χ1v) is 5.29. The number of likely N-dealkylation sites (tertiary alicyclic amines) is 1. The van der Waals surface area contributed by atoms with Gasteiger partial charge in [0.2, 0.25) is 0 Å². The molecule has 2 amide bonds. The van der Waals surface area contributed by atoms with Crippen LogP contribution in [0.5, 0.6) is 0 Å². The highest BCUT2D eigenvalue weighted by Crippen LogP contribution is 2.10. The molecule has 0 bridgehead atoms. The molecule has 4 heteroatoms. The smallest absolute Gasteiger partial charge is 0.319 e. The Hall–Kier alpha value is -0.770. The number of amides is 2. The summed E-state index contributed by atoms with van der Waals surface area (Å²) in [6, 6.07) is 0.100. The van der Waals surface area contributed by atoms with Crippen molar-refractivity contribution >= 4 is 6.03 Å². The molecule has 1 aliphatic rings. The number of rotatable bonds is 3. The molecule has 1 N–H and O–H groups in total. The zero-order valence-corrected chi connectivity index (χ0v) is 9.07. The van der Waals surface area contributed by atoms with Gasteiger partial charge in [-0.25, -0.2) is 4.79 Å². The van der Waals surface area contributed by atoms with Crippen molar-refractivity contribution in [2.45, 2.75) is 32.3 Å². The van der Waals surface area contributed by atoms with Gasteiger partial charge in [0, 0.05) is 26.7 Å². The summed E-state index contributed by atoms with van der Waals surface area (Å²) >= 11 is 0. The monoisotopic (exact) mass is 200 g/mol. The maximum atomic E-state index is 11.7. The molecule has 1 fully saturated rings. The average Bonchev–Trinajstić information content (AvgIpc) is 2.65. The van der Waals surface area contributed by atoms with Crippen LogP contribution in [0.3, 0.4) is 0 Å². The largest absolute Gasteiger partial charge is 0.393 e. The summed E-state index contributed by atoms with van der Waals surface area (Å²) in [5, 5.41) is 9.10. The van der Waals surface area contributed by atoms with E-state index in [2.05, 4.69) is 0 Å². The fourth-order valence-electron chi connectivity index (χ4n) is 1.63. The Morgan fingerprint density at radius 1 is 1.50 bits per heavy atom. The second-order valence-corrected chi connectivity index (χ2v) is 4.04. The number of nitrogens with zero attached hydrogens (tertiary/aromatic N) is 2. The fourth-order valence-corrected chi connectivity index (χ4v) is 1.63. The SMILES string of the molecule is CC(O)CCN(C)C(=O)N1CCCC1. The second kappa shape index (κ2) is 5.20. The maximum Gasteiger partial charge on any atom is 0.319 e. The highest BCUT2D eigenvalue weighted by Gasteiger charge is 2.20. The summed E-state index contributed by atoms with van der Waals surface area (Å²) in [6.45, 7) is 4.15. The van der Waals surface area contributed by atoms with Crippen LogP contribution in [0.4, 0.5) is 4.79 Å². The van der Waals surface area contributed by atoms with Gasteiger partial charge in [-0.15, -0.1) is 0 Å². The van der Waals surface area contributed by atoms with E-state index in [0.29, 0.717) is 13.0 Å². The third kappa shape index (κ3) is 3.18. The van der Waals surface area contributed by atoms with E-state index in [1.54, 1.807) is 18.9 Å². The topological polar surface area (TPSA) is 43.8 Å². The van der Waals surface area contributed by atoms with E-state index in [4.69, 9.17) is 5.11 Å². The standard InChI is InChI=1S/C10H20N2O2/c1-9(13)5-8-11(2)10(14)12-6-3-4-7-12/h9,13H,3-8H2,1-2H3. The molecule has 82 valence electrons. The number of carbonyl (C=O) groups excluding carboxylic acids is 1. The van der Waals surface area contributed by atoms with Gasteiger partial charge < -0.3 is 14.9 Å². The molecule has 0 aromatic carbocycles. The Bertz CT molecular complexity index is 189. The Kier molecular flexibility index (Phi) is 4.20. The molecular weight excluding hydrogens is 180 g/mol. The molecular formula is C10H20N2O2. The zero-order chi connectivity index (χ0) is 10.6. The van der Waals surface area contributed by atoms with Gasteiger partial charge in [0.1, 0.15) is 0 Å². The Labute approximate surface area is 85.5 Å². The van der Waals surface area contributed by atoms with Crippen LogP contribution in [0.25, 0.3) is 0 Å². The zero-order valence-electron chi connectivity index (χ0n) is 9.07. The third-order valence-electron chi connectivity index (χ3n) is 2.59. The first kappa shape index (κ1) is 11.3. The van der Waals surface area contributed by atoms with Crippen molar-refractivity contribution < 1.29 is 9.90 Å². The van der Waals surface area contributed by atoms with Crippen LogP contribution in [0.2, 0.25) is 0 Å². The van der Waals surface area contributed by atoms with Crippen molar-refractivity contribution in [2.24, 2.45) is 0 Å². The first-order valence-electron chi connectivity index (χ1n) is 5.29. The van der Waals surface area contributed by atoms with Crippen LogP contribution in [0.1, 0.15) is 26.2 Å². The van der Waals surface area contributed by atoms with Crippen molar-refractivity contribution in [2.75, 3.05) is 26.7 Å². The Morgan fingerprint density at radius 3 is 2.57 bits per heavy atom. The van der Waals surface area contributed by atoms with E-state index in [1.165, 1.54) is 0 Å². The molecule has 0 radical (unpaired) electrons. The van der Waals surface area contributed by atoms with Gasteiger partial charge >= 0.3 is 6.03 Å². The minimum absolute atomic E-state index is 0.100. The van der Waals surface area contributed by atoms with Gasteiger partial charge in [-0.2, -0.15) is 0 Å². The number of hydrogen-bond donors (Lipinski definition) is 1. The summed E-state index contributed by atoms with van der Waals surface area (Å²) < 4.78 is 0. The molecule has 1 unspecified atom stereocenters. The van der Waals surface area contributed by atoms with E-state index in [-0.39, 0.29) is 12.1 Å². The van der Waals surface area contributed by atoms with Crippen molar-refractivity contribution in [3.8, 4) is 0 Å². The highest BCUT2D eigenvalue weighted by atomic mass is 16.3. The van der Waals surface area contributed by atoms with Crippen molar-refractivity contribution in [3.63, 3.8) is 0 Å². The molecule has 0 aliphatic carbocycles. The van der Waals surface area contributed by atoms with Gasteiger partial charge in [-0.05, 0) is 26.2 Å².